The van der Waals surface area contributed by atoms with E-state index < -0.39 is 0 Å². The van der Waals surface area contributed by atoms with Crippen LogP contribution < -0.4 is 10.8 Å². The average molecular weight is 228 g/mol. The molecule has 0 aromatic heterocycles. The molecule has 0 aliphatic carbocycles. The summed E-state index contributed by atoms with van der Waals surface area (Å²) in [5.41, 5.74) is 4.21. The predicted molar refractivity (Wildman–Crippen MR) is 65.6 cm³/mol. The van der Waals surface area contributed by atoms with Crippen LogP contribution in [0.3, 0.4) is 0 Å². The Bertz CT molecular complexity index is 258. The minimum atomic E-state index is -0.321. The van der Waals surface area contributed by atoms with E-state index in [1.54, 1.807) is 6.92 Å². The standard InChI is InChI=1S/C12H24N2O2/c1-7-11(13-8(2)3)10(6)12(15)16-14-9(4)5/h8-9,13-14H,7H2,1-6H3. The molecule has 0 saturated heterocycles. The van der Waals surface area contributed by atoms with Crippen molar-refractivity contribution in [3.63, 3.8) is 0 Å². The van der Waals surface area contributed by atoms with Crippen LogP contribution in [-0.4, -0.2) is 18.1 Å². The smallest absolute Gasteiger partial charge is 0.354 e. The van der Waals surface area contributed by atoms with Crippen LogP contribution in [0, 0.1) is 0 Å². The first-order chi connectivity index (χ1) is 7.38. The summed E-state index contributed by atoms with van der Waals surface area (Å²) in [6, 6.07) is 0.440. The third-order valence-electron chi connectivity index (χ3n) is 1.96. The van der Waals surface area contributed by atoms with E-state index in [0.717, 1.165) is 12.1 Å². The molecule has 0 spiro atoms. The minimum absolute atomic E-state index is 0.125. The Kier molecular flexibility index (Phi) is 6.81. The summed E-state index contributed by atoms with van der Waals surface area (Å²) in [5.74, 6) is -0.321. The van der Waals surface area contributed by atoms with E-state index in [4.69, 9.17) is 4.84 Å². The number of carbonyl (C=O) groups excluding carboxylic acids is 1. The van der Waals surface area contributed by atoms with E-state index in [2.05, 4.69) is 10.8 Å². The lowest BCUT2D eigenvalue weighted by atomic mass is 10.2. The van der Waals surface area contributed by atoms with Crippen LogP contribution in [0.25, 0.3) is 0 Å². The second-order valence-corrected chi connectivity index (χ2v) is 4.42. The predicted octanol–water partition coefficient (Wildman–Crippen LogP) is 2.12. The monoisotopic (exact) mass is 228 g/mol. The molecule has 0 atom stereocenters. The second kappa shape index (κ2) is 7.28. The Morgan fingerprint density at radius 2 is 1.75 bits per heavy atom. The zero-order valence-corrected chi connectivity index (χ0v) is 11.2. The maximum Gasteiger partial charge on any atom is 0.354 e. The third kappa shape index (κ3) is 5.75. The molecule has 0 radical (unpaired) electrons. The molecule has 0 amide bonds. The van der Waals surface area contributed by atoms with Crippen LogP contribution in [0.4, 0.5) is 0 Å². The van der Waals surface area contributed by atoms with Crippen LogP contribution in [0.2, 0.25) is 0 Å². The van der Waals surface area contributed by atoms with Gasteiger partial charge in [0.2, 0.25) is 0 Å². The van der Waals surface area contributed by atoms with Gasteiger partial charge in [-0.2, -0.15) is 5.48 Å². The van der Waals surface area contributed by atoms with Crippen molar-refractivity contribution < 1.29 is 9.63 Å². The molecule has 0 aliphatic rings. The zero-order chi connectivity index (χ0) is 12.7. The molecule has 0 rings (SSSR count). The van der Waals surface area contributed by atoms with Crippen LogP contribution >= 0.6 is 0 Å². The molecule has 0 aliphatic heterocycles. The van der Waals surface area contributed by atoms with Gasteiger partial charge in [-0.1, -0.05) is 6.92 Å². The molecule has 0 saturated carbocycles. The summed E-state index contributed by atoms with van der Waals surface area (Å²) < 4.78 is 0. The Morgan fingerprint density at radius 3 is 2.12 bits per heavy atom. The number of hydrogen-bond donors (Lipinski definition) is 2. The zero-order valence-electron chi connectivity index (χ0n) is 11.2. The first kappa shape index (κ1) is 15.0. The quantitative estimate of drug-likeness (QED) is 0.540. The molecule has 0 aromatic rings. The van der Waals surface area contributed by atoms with Gasteiger partial charge in [0.05, 0.1) is 5.57 Å². The number of hydrogen-bond acceptors (Lipinski definition) is 4. The number of carbonyl (C=O) groups is 1. The van der Waals surface area contributed by atoms with Gasteiger partial charge in [0.1, 0.15) is 0 Å². The Balaban J connectivity index is 4.50. The summed E-state index contributed by atoms with van der Waals surface area (Å²) in [5, 5.41) is 3.25. The highest BCUT2D eigenvalue weighted by Crippen LogP contribution is 2.07. The molecule has 4 nitrogen and oxygen atoms in total. The van der Waals surface area contributed by atoms with Crippen molar-refractivity contribution in [3.8, 4) is 0 Å². The SMILES string of the molecule is CCC(NC(C)C)=C(C)C(=O)ONC(C)C. The fourth-order valence-electron chi connectivity index (χ4n) is 1.20. The first-order valence-corrected chi connectivity index (χ1v) is 5.81. The third-order valence-corrected chi connectivity index (χ3v) is 1.96. The maximum absolute atomic E-state index is 11.6. The van der Waals surface area contributed by atoms with E-state index in [1.165, 1.54) is 0 Å². The van der Waals surface area contributed by atoms with E-state index in [1.807, 2.05) is 34.6 Å². The first-order valence-electron chi connectivity index (χ1n) is 5.81. The molecule has 4 heteroatoms. The highest BCUT2D eigenvalue weighted by atomic mass is 16.7. The number of rotatable bonds is 6. The molecular weight excluding hydrogens is 204 g/mol. The lowest BCUT2D eigenvalue weighted by Crippen LogP contribution is -2.29. The minimum Gasteiger partial charge on any atom is -0.386 e. The maximum atomic E-state index is 11.6. The van der Waals surface area contributed by atoms with Crippen molar-refractivity contribution in [1.29, 1.82) is 0 Å². The van der Waals surface area contributed by atoms with Crippen molar-refractivity contribution in [2.75, 3.05) is 0 Å². The molecule has 0 bridgehead atoms. The Hall–Kier alpha value is -1.03. The van der Waals surface area contributed by atoms with E-state index in [9.17, 15) is 4.79 Å². The normalized spacial score (nSPS) is 12.8. The van der Waals surface area contributed by atoms with Crippen molar-refractivity contribution in [1.82, 2.24) is 10.8 Å². The number of nitrogens with one attached hydrogen (secondary N) is 2. The van der Waals surface area contributed by atoms with Gasteiger partial charge in [0.25, 0.3) is 0 Å². The summed E-state index contributed by atoms with van der Waals surface area (Å²) in [4.78, 5) is 16.6. The molecular formula is C12H24N2O2. The molecule has 16 heavy (non-hydrogen) atoms. The number of hydroxylamine groups is 1. The average Bonchev–Trinajstić information content (AvgIpc) is 2.21. The highest BCUT2D eigenvalue weighted by Gasteiger charge is 2.12. The van der Waals surface area contributed by atoms with Crippen molar-refractivity contribution >= 4 is 5.97 Å². The Labute approximate surface area is 98.4 Å². The fraction of sp³-hybridized carbons (Fsp3) is 0.750. The topological polar surface area (TPSA) is 50.4 Å². The van der Waals surface area contributed by atoms with Gasteiger partial charge in [-0.05, 0) is 41.0 Å². The highest BCUT2D eigenvalue weighted by molar-refractivity contribution is 5.88. The molecule has 0 aromatic carbocycles. The van der Waals surface area contributed by atoms with Crippen LogP contribution in [0.1, 0.15) is 48.0 Å². The van der Waals surface area contributed by atoms with Crippen molar-refractivity contribution in [2.24, 2.45) is 0 Å². The van der Waals surface area contributed by atoms with Crippen LogP contribution in [0.15, 0.2) is 11.3 Å². The van der Waals surface area contributed by atoms with Gasteiger partial charge in [0.15, 0.2) is 0 Å². The number of allylic oxidation sites excluding steroid dienone is 1. The van der Waals surface area contributed by atoms with Gasteiger partial charge in [-0.25, -0.2) is 4.79 Å². The summed E-state index contributed by atoms with van der Waals surface area (Å²) in [6.45, 7) is 11.7. The largest absolute Gasteiger partial charge is 0.386 e. The van der Waals surface area contributed by atoms with Crippen molar-refractivity contribution in [3.05, 3.63) is 11.3 Å². The molecule has 94 valence electrons. The molecule has 2 N–H and O–H groups in total. The molecule has 0 fully saturated rings. The summed E-state index contributed by atoms with van der Waals surface area (Å²) >= 11 is 0. The second-order valence-electron chi connectivity index (χ2n) is 4.42. The molecule has 0 unspecified atom stereocenters. The lowest BCUT2D eigenvalue weighted by Gasteiger charge is -2.16. The van der Waals surface area contributed by atoms with E-state index in [0.29, 0.717) is 11.6 Å². The van der Waals surface area contributed by atoms with E-state index >= 15 is 0 Å². The lowest BCUT2D eigenvalue weighted by molar-refractivity contribution is -0.147. The molecule has 0 heterocycles. The van der Waals surface area contributed by atoms with Crippen molar-refractivity contribution in [2.45, 2.75) is 60.0 Å². The van der Waals surface area contributed by atoms with Gasteiger partial charge in [-0.15, -0.1) is 0 Å². The van der Waals surface area contributed by atoms with Gasteiger partial charge in [-0.3, -0.25) is 0 Å². The van der Waals surface area contributed by atoms with Gasteiger partial charge < -0.3 is 10.2 Å². The van der Waals surface area contributed by atoms with Gasteiger partial charge >= 0.3 is 5.97 Å². The Morgan fingerprint density at radius 1 is 1.19 bits per heavy atom. The van der Waals surface area contributed by atoms with E-state index in [-0.39, 0.29) is 12.0 Å². The van der Waals surface area contributed by atoms with Gasteiger partial charge in [0, 0.05) is 17.8 Å². The van der Waals surface area contributed by atoms with Crippen LogP contribution in [-0.2, 0) is 9.63 Å². The van der Waals surface area contributed by atoms with Crippen LogP contribution in [0.5, 0.6) is 0 Å². The summed E-state index contributed by atoms with van der Waals surface area (Å²) in [7, 11) is 0. The summed E-state index contributed by atoms with van der Waals surface area (Å²) in [6.07, 6.45) is 0.792. The fourth-order valence-corrected chi connectivity index (χ4v) is 1.20.